The van der Waals surface area contributed by atoms with Crippen LogP contribution in [0.25, 0.3) is 0 Å². The lowest BCUT2D eigenvalue weighted by atomic mass is 9.97. The van der Waals surface area contributed by atoms with Crippen molar-refractivity contribution < 1.29 is 34.7 Å². The molecule has 0 aromatic rings. The number of hydrogen-bond acceptors (Lipinski definition) is 6. The number of halogens is 1. The lowest BCUT2D eigenvalue weighted by Crippen LogP contribution is -2.64. The van der Waals surface area contributed by atoms with Crippen molar-refractivity contribution in [3.8, 4) is 0 Å². The molecule has 1 heterocycles. The first-order valence-electron chi connectivity index (χ1n) is 3.63. The predicted octanol–water partition coefficient (Wildman–Crippen LogP) is -2.92. The van der Waals surface area contributed by atoms with Crippen molar-refractivity contribution >= 4 is 0 Å². The second-order valence-electron chi connectivity index (χ2n) is 2.87. The second-order valence-corrected chi connectivity index (χ2v) is 2.87. The van der Waals surface area contributed by atoms with Crippen molar-refractivity contribution in [3.05, 3.63) is 0 Å². The Morgan fingerprint density at radius 2 is 1.85 bits per heavy atom. The number of alkyl halides is 1. The Kier molecular flexibility index (Phi) is 2.85. The van der Waals surface area contributed by atoms with Gasteiger partial charge in [-0.25, -0.2) is 4.39 Å². The average Bonchev–Trinajstić information content (AvgIpc) is 2.09. The monoisotopic (exact) mass is 198 g/mol. The molecule has 6 nitrogen and oxygen atoms in total. The van der Waals surface area contributed by atoms with E-state index in [1.54, 1.807) is 0 Å². The summed E-state index contributed by atoms with van der Waals surface area (Å²) in [5, 5.41) is 44.1. The highest BCUT2D eigenvalue weighted by atomic mass is 19.2. The van der Waals surface area contributed by atoms with Crippen molar-refractivity contribution in [1.82, 2.24) is 0 Å². The summed E-state index contributed by atoms with van der Waals surface area (Å²) >= 11 is 0. The summed E-state index contributed by atoms with van der Waals surface area (Å²) in [5.74, 6) is -3.43. The normalized spacial score (nSPS) is 52.2. The molecule has 1 rings (SSSR count). The first-order chi connectivity index (χ1) is 5.91. The summed E-state index contributed by atoms with van der Waals surface area (Å²) in [6, 6.07) is 0. The van der Waals surface area contributed by atoms with E-state index in [4.69, 9.17) is 25.5 Å². The Morgan fingerprint density at radius 1 is 1.31 bits per heavy atom. The maximum absolute atomic E-state index is 12.9. The van der Waals surface area contributed by atoms with Crippen LogP contribution in [0.4, 0.5) is 4.39 Å². The Balaban J connectivity index is 2.79. The molecule has 0 aromatic carbocycles. The van der Waals surface area contributed by atoms with E-state index in [1.165, 1.54) is 0 Å². The minimum absolute atomic E-state index is 0.703. The van der Waals surface area contributed by atoms with E-state index in [0.717, 1.165) is 0 Å². The zero-order valence-electron chi connectivity index (χ0n) is 6.54. The number of aliphatic hydroxyl groups excluding tert-OH is 4. The maximum Gasteiger partial charge on any atom is 0.286 e. The summed E-state index contributed by atoms with van der Waals surface area (Å²) in [6.07, 6.45) is -7.61. The third-order valence-corrected chi connectivity index (χ3v) is 1.95. The van der Waals surface area contributed by atoms with Gasteiger partial charge in [-0.05, 0) is 0 Å². The minimum atomic E-state index is -3.43. The van der Waals surface area contributed by atoms with Crippen LogP contribution in [0.2, 0.25) is 0 Å². The van der Waals surface area contributed by atoms with E-state index in [2.05, 4.69) is 4.74 Å². The highest BCUT2D eigenvalue weighted by Gasteiger charge is 2.55. The number of aliphatic hydroxyl groups is 5. The summed E-state index contributed by atoms with van der Waals surface area (Å²) in [7, 11) is 0. The van der Waals surface area contributed by atoms with Crippen LogP contribution >= 0.6 is 0 Å². The van der Waals surface area contributed by atoms with E-state index in [1.807, 2.05) is 0 Å². The van der Waals surface area contributed by atoms with E-state index >= 15 is 0 Å². The number of hydrogen-bond donors (Lipinski definition) is 5. The molecule has 0 unspecified atom stereocenters. The van der Waals surface area contributed by atoms with E-state index < -0.39 is 37.1 Å². The van der Waals surface area contributed by atoms with Crippen LogP contribution in [0.3, 0.4) is 0 Å². The van der Waals surface area contributed by atoms with Gasteiger partial charge >= 0.3 is 0 Å². The lowest BCUT2D eigenvalue weighted by molar-refractivity contribution is -0.370. The third kappa shape index (κ3) is 1.66. The van der Waals surface area contributed by atoms with Gasteiger partial charge in [-0.1, -0.05) is 0 Å². The van der Waals surface area contributed by atoms with Crippen molar-refractivity contribution in [2.45, 2.75) is 30.5 Å². The molecule has 5 N–H and O–H groups in total. The molecule has 13 heavy (non-hydrogen) atoms. The van der Waals surface area contributed by atoms with Gasteiger partial charge in [-0.2, -0.15) is 0 Å². The molecule has 1 fully saturated rings. The topological polar surface area (TPSA) is 110 Å². The van der Waals surface area contributed by atoms with E-state index in [-0.39, 0.29) is 0 Å². The average molecular weight is 198 g/mol. The van der Waals surface area contributed by atoms with Crippen molar-refractivity contribution in [2.24, 2.45) is 0 Å². The molecule has 0 aromatic heterocycles. The molecule has 7 heteroatoms. The predicted molar refractivity (Wildman–Crippen MR) is 36.0 cm³/mol. The Hall–Kier alpha value is -0.310. The van der Waals surface area contributed by atoms with Gasteiger partial charge in [0.2, 0.25) is 6.29 Å². The zero-order valence-corrected chi connectivity index (χ0v) is 6.54. The molecule has 0 spiro atoms. The molecule has 0 saturated carbocycles. The molecule has 1 aliphatic heterocycles. The van der Waals surface area contributed by atoms with Crippen molar-refractivity contribution in [3.63, 3.8) is 0 Å². The van der Waals surface area contributed by atoms with Gasteiger partial charge in [0.25, 0.3) is 5.85 Å². The smallest absolute Gasteiger partial charge is 0.286 e. The SMILES string of the molecule is OC[C@H]1O[C@@H](O)[C@](O)(F)[C@@H](O)[C@@H]1O. The fourth-order valence-electron chi connectivity index (χ4n) is 1.08. The van der Waals surface area contributed by atoms with Crippen LogP contribution < -0.4 is 0 Å². The summed E-state index contributed by atoms with van der Waals surface area (Å²) in [5.41, 5.74) is 0. The molecular formula is C6H11FO6. The zero-order chi connectivity index (χ0) is 10.2. The van der Waals surface area contributed by atoms with Gasteiger partial charge in [0.05, 0.1) is 6.61 Å². The van der Waals surface area contributed by atoms with Gasteiger partial charge < -0.3 is 30.3 Å². The lowest BCUT2D eigenvalue weighted by Gasteiger charge is -2.40. The van der Waals surface area contributed by atoms with Gasteiger partial charge in [0.1, 0.15) is 18.3 Å². The maximum atomic E-state index is 12.9. The molecule has 0 aliphatic carbocycles. The first-order valence-corrected chi connectivity index (χ1v) is 3.63. The summed E-state index contributed by atoms with van der Waals surface area (Å²) in [4.78, 5) is 0. The Labute approximate surface area is 72.8 Å². The van der Waals surface area contributed by atoms with Crippen LogP contribution in [0.1, 0.15) is 0 Å². The van der Waals surface area contributed by atoms with E-state index in [0.29, 0.717) is 0 Å². The van der Waals surface area contributed by atoms with Crippen LogP contribution in [0.5, 0.6) is 0 Å². The van der Waals surface area contributed by atoms with Gasteiger partial charge in [0.15, 0.2) is 0 Å². The Morgan fingerprint density at radius 3 is 2.31 bits per heavy atom. The highest BCUT2D eigenvalue weighted by Crippen LogP contribution is 2.29. The number of rotatable bonds is 1. The molecule has 1 aliphatic rings. The van der Waals surface area contributed by atoms with Crippen LogP contribution in [0.15, 0.2) is 0 Å². The minimum Gasteiger partial charge on any atom is -0.394 e. The molecular weight excluding hydrogens is 187 g/mol. The van der Waals surface area contributed by atoms with Gasteiger partial charge in [0, 0.05) is 0 Å². The van der Waals surface area contributed by atoms with Crippen LogP contribution in [-0.4, -0.2) is 62.6 Å². The van der Waals surface area contributed by atoms with Gasteiger partial charge in [-0.15, -0.1) is 0 Å². The summed E-state index contributed by atoms with van der Waals surface area (Å²) in [6.45, 7) is -0.703. The fraction of sp³-hybridized carbons (Fsp3) is 1.00. The summed E-state index contributed by atoms with van der Waals surface area (Å²) < 4.78 is 17.2. The molecule has 0 bridgehead atoms. The van der Waals surface area contributed by atoms with Crippen LogP contribution in [-0.2, 0) is 4.74 Å². The molecule has 0 amide bonds. The second kappa shape index (κ2) is 3.45. The van der Waals surface area contributed by atoms with Crippen molar-refractivity contribution in [2.75, 3.05) is 6.61 Å². The highest BCUT2D eigenvalue weighted by molar-refractivity contribution is 4.93. The molecule has 1 saturated heterocycles. The molecule has 0 radical (unpaired) electrons. The molecule has 5 atom stereocenters. The van der Waals surface area contributed by atoms with Crippen LogP contribution in [0, 0.1) is 0 Å². The van der Waals surface area contributed by atoms with Crippen molar-refractivity contribution in [1.29, 1.82) is 0 Å². The standard InChI is InChI=1S/C6H11FO6/c7-6(12)4(10)3(9)2(1-8)13-5(6)11/h2-5,8-12H,1H2/t2-,3-,4+,5-,6+/m1/s1. The number of ether oxygens (including phenoxy) is 1. The molecule has 78 valence electrons. The quantitative estimate of drug-likeness (QED) is 0.308. The first kappa shape index (κ1) is 10.8. The Bertz CT molecular complexity index is 186. The van der Waals surface area contributed by atoms with Gasteiger partial charge in [-0.3, -0.25) is 0 Å². The third-order valence-electron chi connectivity index (χ3n) is 1.95. The fourth-order valence-corrected chi connectivity index (χ4v) is 1.08. The largest absolute Gasteiger partial charge is 0.394 e. The van der Waals surface area contributed by atoms with E-state index in [9.17, 15) is 4.39 Å².